The fourth-order valence-electron chi connectivity index (χ4n) is 2.88. The van der Waals surface area contributed by atoms with Gasteiger partial charge in [0.15, 0.2) is 18.1 Å². The maximum atomic E-state index is 12.5. The molecule has 0 radical (unpaired) electrons. The van der Waals surface area contributed by atoms with Crippen molar-refractivity contribution in [2.45, 2.75) is 0 Å². The first-order valence-corrected chi connectivity index (χ1v) is 8.92. The van der Waals surface area contributed by atoms with Gasteiger partial charge < -0.3 is 14.2 Å². The van der Waals surface area contributed by atoms with Crippen molar-refractivity contribution in [1.82, 2.24) is 4.98 Å². The van der Waals surface area contributed by atoms with Crippen LogP contribution in [0, 0.1) is 0 Å². The summed E-state index contributed by atoms with van der Waals surface area (Å²) < 4.78 is 16.4. The average Bonchev–Trinajstić information content (AvgIpc) is 3.07. The number of hydrogen-bond acceptors (Lipinski definition) is 6. The lowest BCUT2D eigenvalue weighted by Crippen LogP contribution is -2.11. The zero-order chi connectivity index (χ0) is 20.2. The normalized spacial score (nSPS) is 13.7. The number of carbonyl (C=O) groups is 2. The van der Waals surface area contributed by atoms with Gasteiger partial charge in [-0.1, -0.05) is 0 Å². The van der Waals surface area contributed by atoms with E-state index in [1.807, 2.05) is 0 Å². The molecule has 144 valence electrons. The molecule has 1 aliphatic heterocycles. The molecule has 0 aliphatic carbocycles. The Bertz CT molecular complexity index is 1090. The van der Waals surface area contributed by atoms with Crippen LogP contribution < -0.4 is 14.2 Å². The number of Topliss-reactive ketones (excluding diaryl/α,β-unsaturated/α-hetero) is 2. The van der Waals surface area contributed by atoms with Crippen molar-refractivity contribution in [2.75, 3.05) is 13.7 Å². The maximum Gasteiger partial charge on any atom is 0.231 e. The standard InChI is InChI=1S/C23H17NO5/c1-27-17-4-2-16(3-5-17)20(25)14-28-18-6-7-19-21(13-18)29-22(23(19)26)12-15-8-10-24-11-9-15/h2-13H,14H2,1H3/b22-12-. The second-order valence-electron chi connectivity index (χ2n) is 6.32. The molecular weight excluding hydrogens is 370 g/mol. The molecule has 0 fully saturated rings. The smallest absolute Gasteiger partial charge is 0.231 e. The quantitative estimate of drug-likeness (QED) is 0.471. The third-order valence-electron chi connectivity index (χ3n) is 4.43. The van der Waals surface area contributed by atoms with Gasteiger partial charge in [-0.3, -0.25) is 14.6 Å². The summed E-state index contributed by atoms with van der Waals surface area (Å²) in [6.45, 7) is -0.126. The molecule has 6 nitrogen and oxygen atoms in total. The molecule has 1 aromatic heterocycles. The lowest BCUT2D eigenvalue weighted by Gasteiger charge is -2.07. The third-order valence-corrected chi connectivity index (χ3v) is 4.43. The summed E-state index contributed by atoms with van der Waals surface area (Å²) in [6, 6.07) is 15.3. The minimum atomic E-state index is -0.197. The number of carbonyl (C=O) groups excluding carboxylic acids is 2. The summed E-state index contributed by atoms with van der Waals surface area (Å²) in [5, 5.41) is 0. The largest absolute Gasteiger partial charge is 0.497 e. The molecule has 1 aliphatic rings. The Morgan fingerprint density at radius 1 is 1.03 bits per heavy atom. The van der Waals surface area contributed by atoms with Gasteiger partial charge in [-0.15, -0.1) is 0 Å². The lowest BCUT2D eigenvalue weighted by atomic mass is 10.1. The number of hydrogen-bond donors (Lipinski definition) is 0. The van der Waals surface area contributed by atoms with Crippen molar-refractivity contribution >= 4 is 17.6 Å². The summed E-state index contributed by atoms with van der Waals surface area (Å²) >= 11 is 0. The number of ketones is 2. The highest BCUT2D eigenvalue weighted by Crippen LogP contribution is 2.34. The summed E-state index contributed by atoms with van der Waals surface area (Å²) in [5.41, 5.74) is 1.80. The van der Waals surface area contributed by atoms with Crippen LogP contribution in [-0.4, -0.2) is 30.3 Å². The Kier molecular flexibility index (Phi) is 5.07. The van der Waals surface area contributed by atoms with E-state index in [-0.39, 0.29) is 23.9 Å². The Balaban J connectivity index is 1.44. The first-order chi connectivity index (χ1) is 14.1. The van der Waals surface area contributed by atoms with E-state index in [1.54, 1.807) is 80.2 Å². The van der Waals surface area contributed by atoms with Crippen LogP contribution >= 0.6 is 0 Å². The van der Waals surface area contributed by atoms with Crippen molar-refractivity contribution in [1.29, 1.82) is 0 Å². The number of rotatable bonds is 6. The Labute approximate surface area is 167 Å². The van der Waals surface area contributed by atoms with E-state index in [4.69, 9.17) is 14.2 Å². The van der Waals surface area contributed by atoms with Gasteiger partial charge in [-0.05, 0) is 60.2 Å². The topological polar surface area (TPSA) is 74.7 Å². The fraction of sp³-hybridized carbons (Fsp3) is 0.0870. The summed E-state index contributed by atoms with van der Waals surface area (Å²) in [7, 11) is 1.57. The van der Waals surface area contributed by atoms with Gasteiger partial charge >= 0.3 is 0 Å². The highest BCUT2D eigenvalue weighted by atomic mass is 16.5. The van der Waals surface area contributed by atoms with Gasteiger partial charge in [-0.2, -0.15) is 0 Å². The fourth-order valence-corrected chi connectivity index (χ4v) is 2.88. The zero-order valence-corrected chi connectivity index (χ0v) is 15.6. The van der Waals surface area contributed by atoms with Crippen LogP contribution in [0.5, 0.6) is 17.2 Å². The van der Waals surface area contributed by atoms with Gasteiger partial charge in [0.05, 0.1) is 12.7 Å². The van der Waals surface area contributed by atoms with E-state index >= 15 is 0 Å². The highest BCUT2D eigenvalue weighted by molar-refractivity contribution is 6.14. The van der Waals surface area contributed by atoms with Crippen molar-refractivity contribution in [3.05, 3.63) is 89.4 Å². The second kappa shape index (κ2) is 7.98. The van der Waals surface area contributed by atoms with Gasteiger partial charge in [0.1, 0.15) is 17.2 Å². The molecule has 0 spiro atoms. The summed E-state index contributed by atoms with van der Waals surface area (Å²) in [5.74, 6) is 1.41. The zero-order valence-electron chi connectivity index (χ0n) is 15.6. The van der Waals surface area contributed by atoms with Crippen LogP contribution in [0.2, 0.25) is 0 Å². The number of fused-ring (bicyclic) bond motifs is 1. The Morgan fingerprint density at radius 2 is 1.76 bits per heavy atom. The monoisotopic (exact) mass is 387 g/mol. The molecular formula is C23H17NO5. The minimum Gasteiger partial charge on any atom is -0.497 e. The minimum absolute atomic E-state index is 0.126. The SMILES string of the molecule is COc1ccc(C(=O)COc2ccc3c(c2)O/C(=C\c2ccncc2)C3=O)cc1. The van der Waals surface area contributed by atoms with Crippen LogP contribution in [0.1, 0.15) is 26.3 Å². The van der Waals surface area contributed by atoms with Crippen molar-refractivity contribution < 1.29 is 23.8 Å². The van der Waals surface area contributed by atoms with Crippen molar-refractivity contribution in [3.63, 3.8) is 0 Å². The lowest BCUT2D eigenvalue weighted by molar-refractivity contribution is 0.0921. The first kappa shape index (κ1) is 18.4. The van der Waals surface area contributed by atoms with E-state index in [9.17, 15) is 9.59 Å². The van der Waals surface area contributed by atoms with Gasteiger partial charge in [0.2, 0.25) is 5.78 Å². The van der Waals surface area contributed by atoms with Crippen molar-refractivity contribution in [3.8, 4) is 17.2 Å². The summed E-state index contributed by atoms with van der Waals surface area (Å²) in [6.07, 6.45) is 4.95. The highest BCUT2D eigenvalue weighted by Gasteiger charge is 2.27. The Hall–Kier alpha value is -3.93. The summed E-state index contributed by atoms with van der Waals surface area (Å²) in [4.78, 5) is 28.7. The number of aromatic nitrogens is 1. The molecule has 4 rings (SSSR count). The molecule has 6 heteroatoms. The van der Waals surface area contributed by atoms with E-state index in [2.05, 4.69) is 4.98 Å². The van der Waals surface area contributed by atoms with E-state index in [1.165, 1.54) is 0 Å². The molecule has 29 heavy (non-hydrogen) atoms. The molecule has 0 amide bonds. The molecule has 0 saturated heterocycles. The average molecular weight is 387 g/mol. The number of allylic oxidation sites excluding steroid dienone is 1. The van der Waals surface area contributed by atoms with Crippen LogP contribution in [0.4, 0.5) is 0 Å². The maximum absolute atomic E-state index is 12.5. The van der Waals surface area contributed by atoms with Crippen LogP contribution in [0.3, 0.4) is 0 Å². The Morgan fingerprint density at radius 3 is 2.48 bits per heavy atom. The molecule has 0 saturated carbocycles. The third kappa shape index (κ3) is 4.01. The molecule has 3 aromatic rings. The molecule has 0 atom stereocenters. The molecule has 2 heterocycles. The first-order valence-electron chi connectivity index (χ1n) is 8.92. The van der Waals surface area contributed by atoms with Gasteiger partial charge in [0, 0.05) is 24.0 Å². The van der Waals surface area contributed by atoms with Crippen LogP contribution in [0.25, 0.3) is 6.08 Å². The predicted molar refractivity (Wildman–Crippen MR) is 106 cm³/mol. The van der Waals surface area contributed by atoms with E-state index in [0.717, 1.165) is 5.56 Å². The molecule has 0 unspecified atom stereocenters. The van der Waals surface area contributed by atoms with Gasteiger partial charge in [-0.25, -0.2) is 0 Å². The number of methoxy groups -OCH3 is 1. The van der Waals surface area contributed by atoms with E-state index in [0.29, 0.717) is 28.4 Å². The van der Waals surface area contributed by atoms with E-state index < -0.39 is 0 Å². The van der Waals surface area contributed by atoms with Crippen LogP contribution in [-0.2, 0) is 0 Å². The number of benzene rings is 2. The second-order valence-corrected chi connectivity index (χ2v) is 6.32. The van der Waals surface area contributed by atoms with Crippen molar-refractivity contribution in [2.24, 2.45) is 0 Å². The molecule has 0 bridgehead atoms. The number of ether oxygens (including phenoxy) is 3. The predicted octanol–water partition coefficient (Wildman–Crippen LogP) is 3.97. The molecule has 2 aromatic carbocycles. The number of nitrogens with zero attached hydrogens (tertiary/aromatic N) is 1. The van der Waals surface area contributed by atoms with Gasteiger partial charge in [0.25, 0.3) is 0 Å². The van der Waals surface area contributed by atoms with Crippen LogP contribution in [0.15, 0.2) is 72.8 Å². The number of pyridine rings is 1. The molecule has 0 N–H and O–H groups in total.